The summed E-state index contributed by atoms with van der Waals surface area (Å²) in [4.78, 5) is 17.9. The van der Waals surface area contributed by atoms with E-state index in [1.807, 2.05) is 31.3 Å². The minimum absolute atomic E-state index is 0.505. The molecule has 4 heteroatoms. The van der Waals surface area contributed by atoms with Crippen LogP contribution in [0.25, 0.3) is 0 Å². The second-order valence-corrected chi connectivity index (χ2v) is 5.65. The van der Waals surface area contributed by atoms with Gasteiger partial charge >= 0.3 is 5.97 Å². The SMILES string of the molecule is CN1CCN=C1c1ccccc1CC(C)(C)C(=O)O. The smallest absolute Gasteiger partial charge is 0.309 e. The summed E-state index contributed by atoms with van der Waals surface area (Å²) >= 11 is 0. The Morgan fingerprint density at radius 3 is 2.68 bits per heavy atom. The highest BCUT2D eigenvalue weighted by molar-refractivity contribution is 6.01. The number of nitrogens with zero attached hydrogens (tertiary/aromatic N) is 2. The Labute approximate surface area is 113 Å². The van der Waals surface area contributed by atoms with Crippen LogP contribution in [0, 0.1) is 5.41 Å². The zero-order chi connectivity index (χ0) is 14.0. The molecule has 19 heavy (non-hydrogen) atoms. The van der Waals surface area contributed by atoms with Gasteiger partial charge in [0.25, 0.3) is 0 Å². The normalized spacial score (nSPS) is 15.5. The van der Waals surface area contributed by atoms with Gasteiger partial charge in [0.15, 0.2) is 0 Å². The lowest BCUT2D eigenvalue weighted by Gasteiger charge is -2.22. The van der Waals surface area contributed by atoms with E-state index in [-0.39, 0.29) is 0 Å². The Morgan fingerprint density at radius 2 is 2.11 bits per heavy atom. The summed E-state index contributed by atoms with van der Waals surface area (Å²) < 4.78 is 0. The Hall–Kier alpha value is -1.84. The monoisotopic (exact) mass is 260 g/mol. The van der Waals surface area contributed by atoms with E-state index in [4.69, 9.17) is 0 Å². The molecule has 0 fully saturated rings. The van der Waals surface area contributed by atoms with Crippen molar-refractivity contribution in [1.82, 2.24) is 4.90 Å². The molecule has 0 bridgehead atoms. The standard InChI is InChI=1S/C15H20N2O2/c1-15(2,14(18)19)10-11-6-4-5-7-12(11)13-16-8-9-17(13)3/h4-7H,8-10H2,1-3H3,(H,18,19). The third-order valence-electron chi connectivity index (χ3n) is 3.53. The molecule has 0 radical (unpaired) electrons. The van der Waals surface area contributed by atoms with Crippen LogP contribution in [0.3, 0.4) is 0 Å². The van der Waals surface area contributed by atoms with Crippen LogP contribution in [-0.4, -0.2) is 41.9 Å². The van der Waals surface area contributed by atoms with Gasteiger partial charge in [-0.05, 0) is 25.8 Å². The van der Waals surface area contributed by atoms with Gasteiger partial charge in [-0.15, -0.1) is 0 Å². The van der Waals surface area contributed by atoms with E-state index in [2.05, 4.69) is 9.89 Å². The van der Waals surface area contributed by atoms with Crippen molar-refractivity contribution in [3.8, 4) is 0 Å². The average molecular weight is 260 g/mol. The number of hydrogen-bond donors (Lipinski definition) is 1. The van der Waals surface area contributed by atoms with Crippen LogP contribution in [0.1, 0.15) is 25.0 Å². The first-order valence-electron chi connectivity index (χ1n) is 6.49. The lowest BCUT2D eigenvalue weighted by atomic mass is 9.84. The van der Waals surface area contributed by atoms with Crippen LogP contribution in [-0.2, 0) is 11.2 Å². The number of likely N-dealkylation sites (N-methyl/N-ethyl adjacent to an activating group) is 1. The second-order valence-electron chi connectivity index (χ2n) is 5.65. The fourth-order valence-electron chi connectivity index (χ4n) is 2.27. The molecule has 102 valence electrons. The van der Waals surface area contributed by atoms with E-state index in [0.717, 1.165) is 30.1 Å². The molecule has 0 saturated carbocycles. The van der Waals surface area contributed by atoms with Gasteiger partial charge in [0.1, 0.15) is 5.84 Å². The number of carbonyl (C=O) groups is 1. The molecule has 1 aromatic carbocycles. The van der Waals surface area contributed by atoms with Gasteiger partial charge in [-0.2, -0.15) is 0 Å². The molecule has 1 aromatic rings. The Kier molecular flexibility index (Phi) is 3.60. The number of carboxylic acids is 1. The maximum atomic E-state index is 11.3. The molecule has 0 saturated heterocycles. The molecule has 1 N–H and O–H groups in total. The molecule has 4 nitrogen and oxygen atoms in total. The summed E-state index contributed by atoms with van der Waals surface area (Å²) in [6.07, 6.45) is 0.505. The van der Waals surface area contributed by atoms with Crippen molar-refractivity contribution in [1.29, 1.82) is 0 Å². The van der Waals surface area contributed by atoms with Gasteiger partial charge in [-0.3, -0.25) is 9.79 Å². The topological polar surface area (TPSA) is 52.9 Å². The summed E-state index contributed by atoms with van der Waals surface area (Å²) in [5.41, 5.74) is 1.33. The zero-order valence-corrected chi connectivity index (χ0v) is 11.7. The number of carboxylic acid groups (broad SMARTS) is 1. The Morgan fingerprint density at radius 1 is 1.42 bits per heavy atom. The maximum absolute atomic E-state index is 11.3. The van der Waals surface area contributed by atoms with E-state index < -0.39 is 11.4 Å². The number of benzene rings is 1. The Bertz CT molecular complexity index is 521. The molecule has 0 spiro atoms. The van der Waals surface area contributed by atoms with E-state index in [9.17, 15) is 9.90 Å². The van der Waals surface area contributed by atoms with Crippen LogP contribution in [0.4, 0.5) is 0 Å². The predicted molar refractivity (Wildman–Crippen MR) is 75.6 cm³/mol. The Balaban J connectivity index is 2.35. The van der Waals surface area contributed by atoms with Crippen molar-refractivity contribution in [3.63, 3.8) is 0 Å². The highest BCUT2D eigenvalue weighted by Crippen LogP contribution is 2.25. The molecule has 1 aliphatic rings. The van der Waals surface area contributed by atoms with Gasteiger partial charge in [0.2, 0.25) is 0 Å². The quantitative estimate of drug-likeness (QED) is 0.901. The minimum atomic E-state index is -0.774. The number of rotatable bonds is 4. The summed E-state index contributed by atoms with van der Waals surface area (Å²) in [6.45, 7) is 5.24. The zero-order valence-electron chi connectivity index (χ0n) is 11.7. The summed E-state index contributed by atoms with van der Waals surface area (Å²) in [7, 11) is 2.02. The number of aliphatic imine (C=N–C) groups is 1. The molecule has 1 aliphatic heterocycles. The van der Waals surface area contributed by atoms with Crippen LogP contribution >= 0.6 is 0 Å². The maximum Gasteiger partial charge on any atom is 0.309 e. The number of aliphatic carboxylic acids is 1. The van der Waals surface area contributed by atoms with E-state index in [1.54, 1.807) is 13.8 Å². The number of hydrogen-bond acceptors (Lipinski definition) is 3. The van der Waals surface area contributed by atoms with Crippen LogP contribution in [0.5, 0.6) is 0 Å². The van der Waals surface area contributed by atoms with Crippen LogP contribution in [0.15, 0.2) is 29.3 Å². The minimum Gasteiger partial charge on any atom is -0.481 e. The van der Waals surface area contributed by atoms with Crippen LogP contribution < -0.4 is 0 Å². The lowest BCUT2D eigenvalue weighted by Crippen LogP contribution is -2.29. The van der Waals surface area contributed by atoms with E-state index in [0.29, 0.717) is 6.42 Å². The molecule has 1 heterocycles. The first kappa shape index (κ1) is 13.6. The molecule has 0 atom stereocenters. The third kappa shape index (κ3) is 2.78. The van der Waals surface area contributed by atoms with Gasteiger partial charge in [-0.1, -0.05) is 24.3 Å². The number of amidine groups is 1. The molecule has 0 aromatic heterocycles. The summed E-state index contributed by atoms with van der Waals surface area (Å²) in [5, 5.41) is 9.27. The van der Waals surface area contributed by atoms with Crippen molar-refractivity contribution in [2.45, 2.75) is 20.3 Å². The van der Waals surface area contributed by atoms with Crippen LogP contribution in [0.2, 0.25) is 0 Å². The fourth-order valence-corrected chi connectivity index (χ4v) is 2.27. The van der Waals surface area contributed by atoms with Gasteiger partial charge in [-0.25, -0.2) is 0 Å². The highest BCUT2D eigenvalue weighted by Gasteiger charge is 2.29. The van der Waals surface area contributed by atoms with Crippen molar-refractivity contribution in [2.24, 2.45) is 10.4 Å². The second kappa shape index (κ2) is 5.03. The molecular formula is C15H20N2O2. The van der Waals surface area contributed by atoms with Gasteiger partial charge in [0, 0.05) is 19.2 Å². The summed E-state index contributed by atoms with van der Waals surface area (Å²) in [5.74, 6) is 0.195. The highest BCUT2D eigenvalue weighted by atomic mass is 16.4. The largest absolute Gasteiger partial charge is 0.481 e. The van der Waals surface area contributed by atoms with Crippen molar-refractivity contribution in [3.05, 3.63) is 35.4 Å². The van der Waals surface area contributed by atoms with E-state index >= 15 is 0 Å². The van der Waals surface area contributed by atoms with Gasteiger partial charge in [0.05, 0.1) is 12.0 Å². The molecule has 2 rings (SSSR count). The van der Waals surface area contributed by atoms with E-state index in [1.165, 1.54) is 0 Å². The molecule has 0 aliphatic carbocycles. The molecule has 0 amide bonds. The lowest BCUT2D eigenvalue weighted by molar-refractivity contribution is -0.146. The van der Waals surface area contributed by atoms with Crippen molar-refractivity contribution >= 4 is 11.8 Å². The molecular weight excluding hydrogens is 240 g/mol. The molecule has 0 unspecified atom stereocenters. The van der Waals surface area contributed by atoms with Gasteiger partial charge < -0.3 is 10.0 Å². The summed E-state index contributed by atoms with van der Waals surface area (Å²) in [6, 6.07) is 7.94. The first-order valence-corrected chi connectivity index (χ1v) is 6.49. The average Bonchev–Trinajstić information content (AvgIpc) is 2.75. The fraction of sp³-hybridized carbons (Fsp3) is 0.467. The first-order chi connectivity index (χ1) is 8.92. The predicted octanol–water partition coefficient (Wildman–Crippen LogP) is 2.03. The van der Waals surface area contributed by atoms with Crippen molar-refractivity contribution < 1.29 is 9.90 Å². The third-order valence-corrected chi connectivity index (χ3v) is 3.53. The van der Waals surface area contributed by atoms with Crippen molar-refractivity contribution in [2.75, 3.05) is 20.1 Å².